The van der Waals surface area contributed by atoms with Crippen LogP contribution in [0, 0.1) is 5.82 Å². The van der Waals surface area contributed by atoms with Crippen LogP contribution in [0.3, 0.4) is 0 Å². The van der Waals surface area contributed by atoms with Crippen molar-refractivity contribution in [3.63, 3.8) is 0 Å². The number of nitrogens with one attached hydrogen (secondary N) is 2. The molecule has 3 rings (SSSR count). The fraction of sp³-hybridized carbons (Fsp3) is 0.143. The van der Waals surface area contributed by atoms with Gasteiger partial charge in [0.25, 0.3) is 0 Å². The van der Waals surface area contributed by atoms with Crippen LogP contribution in [0.25, 0.3) is 5.69 Å². The molecule has 1 aromatic carbocycles. The second-order valence-corrected chi connectivity index (χ2v) is 4.63. The maximum atomic E-state index is 13.8. The molecule has 8 nitrogen and oxygen atoms in total. The van der Waals surface area contributed by atoms with Crippen molar-refractivity contribution in [3.8, 4) is 5.69 Å². The number of amides is 1. The van der Waals surface area contributed by atoms with Gasteiger partial charge in [0.15, 0.2) is 0 Å². The Hall–Kier alpha value is -3.23. The average molecular weight is 316 g/mol. The second-order valence-electron chi connectivity index (χ2n) is 4.63. The molecule has 0 aliphatic rings. The van der Waals surface area contributed by atoms with Crippen molar-refractivity contribution < 1.29 is 13.6 Å². The summed E-state index contributed by atoms with van der Waals surface area (Å²) in [5, 5.41) is 16.2. The molecule has 0 saturated carbocycles. The summed E-state index contributed by atoms with van der Waals surface area (Å²) in [6.07, 6.45) is 2.92. The molecule has 2 N–H and O–H groups in total. The lowest BCUT2D eigenvalue weighted by atomic mass is 10.2. The fourth-order valence-corrected chi connectivity index (χ4v) is 1.91. The van der Waals surface area contributed by atoms with Gasteiger partial charge in [-0.05, 0) is 40.8 Å². The number of carbonyl (C=O) groups excluding carboxylic acids is 1. The molecule has 23 heavy (non-hydrogen) atoms. The molecule has 9 heteroatoms. The Bertz CT molecular complexity index is 773. The molecule has 0 atom stereocenters. The average Bonchev–Trinajstić information content (AvgIpc) is 3.25. The monoisotopic (exact) mass is 316 g/mol. The van der Waals surface area contributed by atoms with Crippen LogP contribution in [0.15, 0.2) is 47.3 Å². The second kappa shape index (κ2) is 6.69. The van der Waals surface area contributed by atoms with Crippen LogP contribution >= 0.6 is 0 Å². The Morgan fingerprint density at radius 1 is 1.35 bits per heavy atom. The van der Waals surface area contributed by atoms with Gasteiger partial charge in [-0.15, -0.1) is 5.10 Å². The number of hydrogen-bond donors (Lipinski definition) is 2. The van der Waals surface area contributed by atoms with Crippen molar-refractivity contribution in [2.45, 2.75) is 6.54 Å². The van der Waals surface area contributed by atoms with E-state index in [9.17, 15) is 9.18 Å². The molecule has 0 saturated heterocycles. The molecule has 3 aromatic rings. The Morgan fingerprint density at radius 3 is 3.00 bits per heavy atom. The SMILES string of the molecule is O=C(CNc1cc(-n2cnnn2)ccc1F)NCc1ccco1. The maximum absolute atomic E-state index is 13.8. The number of rotatable bonds is 6. The van der Waals surface area contributed by atoms with E-state index in [1.807, 2.05) is 0 Å². The zero-order valence-corrected chi connectivity index (χ0v) is 11.9. The minimum absolute atomic E-state index is 0.0727. The van der Waals surface area contributed by atoms with E-state index in [4.69, 9.17) is 4.42 Å². The highest BCUT2D eigenvalue weighted by atomic mass is 19.1. The van der Waals surface area contributed by atoms with E-state index < -0.39 is 5.82 Å². The molecule has 0 unspecified atom stereocenters. The zero-order chi connectivity index (χ0) is 16.1. The molecule has 0 fully saturated rings. The minimum Gasteiger partial charge on any atom is -0.467 e. The number of benzene rings is 1. The van der Waals surface area contributed by atoms with Crippen LogP contribution in [0.4, 0.5) is 10.1 Å². The lowest BCUT2D eigenvalue weighted by Gasteiger charge is -2.09. The van der Waals surface area contributed by atoms with E-state index in [0.29, 0.717) is 11.4 Å². The number of halogens is 1. The van der Waals surface area contributed by atoms with E-state index in [1.165, 1.54) is 35.5 Å². The molecular formula is C14H13FN6O2. The molecule has 118 valence electrons. The van der Waals surface area contributed by atoms with Crippen molar-refractivity contribution in [1.29, 1.82) is 0 Å². The summed E-state index contributed by atoms with van der Waals surface area (Å²) < 4.78 is 20.3. The van der Waals surface area contributed by atoms with Crippen LogP contribution in [0.5, 0.6) is 0 Å². The summed E-state index contributed by atoms with van der Waals surface area (Å²) >= 11 is 0. The van der Waals surface area contributed by atoms with E-state index >= 15 is 0 Å². The van der Waals surface area contributed by atoms with Crippen LogP contribution in [0.1, 0.15) is 5.76 Å². The number of anilines is 1. The van der Waals surface area contributed by atoms with E-state index in [1.54, 1.807) is 12.1 Å². The van der Waals surface area contributed by atoms with Gasteiger partial charge in [-0.1, -0.05) is 0 Å². The lowest BCUT2D eigenvalue weighted by molar-refractivity contribution is -0.119. The van der Waals surface area contributed by atoms with E-state index in [2.05, 4.69) is 26.2 Å². The van der Waals surface area contributed by atoms with Crippen molar-refractivity contribution in [2.75, 3.05) is 11.9 Å². The first-order valence-electron chi connectivity index (χ1n) is 6.78. The van der Waals surface area contributed by atoms with Gasteiger partial charge in [0.1, 0.15) is 17.9 Å². The smallest absolute Gasteiger partial charge is 0.239 e. The van der Waals surface area contributed by atoms with Gasteiger partial charge in [0.05, 0.1) is 30.7 Å². The maximum Gasteiger partial charge on any atom is 0.239 e. The molecule has 0 radical (unpaired) electrons. The first-order chi connectivity index (χ1) is 11.2. The van der Waals surface area contributed by atoms with E-state index in [0.717, 1.165) is 0 Å². The van der Waals surface area contributed by atoms with Crippen molar-refractivity contribution in [3.05, 3.63) is 54.5 Å². The Kier molecular flexibility index (Phi) is 4.27. The van der Waals surface area contributed by atoms with Crippen LogP contribution in [-0.2, 0) is 11.3 Å². The van der Waals surface area contributed by atoms with Crippen LogP contribution < -0.4 is 10.6 Å². The summed E-state index contributed by atoms with van der Waals surface area (Å²) in [5.74, 6) is -0.112. The third-order valence-corrected chi connectivity index (χ3v) is 3.04. The highest BCUT2D eigenvalue weighted by molar-refractivity contribution is 5.80. The molecule has 2 aromatic heterocycles. The number of carbonyl (C=O) groups is 1. The summed E-state index contributed by atoms with van der Waals surface area (Å²) in [5.41, 5.74) is 0.765. The molecule has 0 aliphatic carbocycles. The van der Waals surface area contributed by atoms with Gasteiger partial charge < -0.3 is 15.1 Å². The molecule has 1 amide bonds. The number of hydrogen-bond acceptors (Lipinski definition) is 6. The Balaban J connectivity index is 1.59. The summed E-state index contributed by atoms with van der Waals surface area (Å²) in [4.78, 5) is 11.8. The van der Waals surface area contributed by atoms with Gasteiger partial charge in [0.2, 0.25) is 5.91 Å². The summed E-state index contributed by atoms with van der Waals surface area (Å²) in [7, 11) is 0. The van der Waals surface area contributed by atoms with Crippen molar-refractivity contribution in [1.82, 2.24) is 25.5 Å². The predicted octanol–water partition coefficient (Wildman–Crippen LogP) is 1.12. The molecule has 2 heterocycles. The lowest BCUT2D eigenvalue weighted by Crippen LogP contribution is -2.29. The van der Waals surface area contributed by atoms with E-state index in [-0.39, 0.29) is 24.7 Å². The highest BCUT2D eigenvalue weighted by Gasteiger charge is 2.08. The normalized spacial score (nSPS) is 10.5. The number of nitrogens with zero attached hydrogens (tertiary/aromatic N) is 4. The van der Waals surface area contributed by atoms with Crippen LogP contribution in [-0.4, -0.2) is 32.7 Å². The van der Waals surface area contributed by atoms with Gasteiger partial charge >= 0.3 is 0 Å². The molecule has 0 aliphatic heterocycles. The summed E-state index contributed by atoms with van der Waals surface area (Å²) in [6, 6.07) is 7.82. The zero-order valence-electron chi connectivity index (χ0n) is 11.9. The van der Waals surface area contributed by atoms with Crippen LogP contribution in [0.2, 0.25) is 0 Å². The van der Waals surface area contributed by atoms with Gasteiger partial charge in [-0.3, -0.25) is 4.79 Å². The number of aromatic nitrogens is 4. The van der Waals surface area contributed by atoms with Gasteiger partial charge in [0, 0.05) is 0 Å². The molecule has 0 spiro atoms. The van der Waals surface area contributed by atoms with Crippen molar-refractivity contribution >= 4 is 11.6 Å². The first-order valence-corrected chi connectivity index (χ1v) is 6.78. The molecule has 0 bridgehead atoms. The quantitative estimate of drug-likeness (QED) is 0.707. The third-order valence-electron chi connectivity index (χ3n) is 3.04. The highest BCUT2D eigenvalue weighted by Crippen LogP contribution is 2.17. The number of tetrazole rings is 1. The fourth-order valence-electron chi connectivity index (χ4n) is 1.91. The van der Waals surface area contributed by atoms with Gasteiger partial charge in [-0.25, -0.2) is 9.07 Å². The topological polar surface area (TPSA) is 97.9 Å². The van der Waals surface area contributed by atoms with Crippen molar-refractivity contribution in [2.24, 2.45) is 0 Å². The Morgan fingerprint density at radius 2 is 2.26 bits per heavy atom. The van der Waals surface area contributed by atoms with Gasteiger partial charge in [-0.2, -0.15) is 0 Å². The molecular weight excluding hydrogens is 303 g/mol. The first kappa shape index (κ1) is 14.7. The largest absolute Gasteiger partial charge is 0.467 e. The third kappa shape index (κ3) is 3.70. The predicted molar refractivity (Wildman–Crippen MR) is 78.2 cm³/mol. The standard InChI is InChI=1S/C14H13FN6O2/c15-12-4-3-10(21-9-18-19-20-21)6-13(12)16-8-14(22)17-7-11-2-1-5-23-11/h1-6,9,16H,7-8H2,(H,17,22). The number of furan rings is 1. The minimum atomic E-state index is -0.472. The Labute approximate surface area is 130 Å². The summed E-state index contributed by atoms with van der Waals surface area (Å²) in [6.45, 7) is 0.206.